The van der Waals surface area contributed by atoms with Crippen molar-refractivity contribution in [3.05, 3.63) is 64.2 Å². The quantitative estimate of drug-likeness (QED) is 0.528. The topological polar surface area (TPSA) is 86.8 Å². The van der Waals surface area contributed by atoms with E-state index in [1.165, 1.54) is 11.0 Å². The fourth-order valence-electron chi connectivity index (χ4n) is 3.83. The van der Waals surface area contributed by atoms with E-state index in [4.69, 9.17) is 11.6 Å². The minimum atomic E-state index is -3.82. The molecule has 2 aromatic carbocycles. The molecule has 0 saturated carbocycles. The van der Waals surface area contributed by atoms with Crippen molar-refractivity contribution in [2.75, 3.05) is 17.1 Å². The van der Waals surface area contributed by atoms with Crippen molar-refractivity contribution in [1.29, 1.82) is 0 Å². The predicted octanol–water partition coefficient (Wildman–Crippen LogP) is 4.44. The third kappa shape index (κ3) is 8.25. The third-order valence-corrected chi connectivity index (χ3v) is 6.80. The molecule has 7 nitrogen and oxygen atoms in total. The summed E-state index contributed by atoms with van der Waals surface area (Å²) < 4.78 is 26.6. The van der Waals surface area contributed by atoms with Crippen molar-refractivity contribution in [2.45, 2.75) is 66.1 Å². The SMILES string of the molecule is CC[C@H](C(=O)NC(C)(C)C)N(Cc1cccc(C)c1)C(=O)CN(c1cc(Cl)ccc1C)S(C)(=O)=O. The predicted molar refractivity (Wildman–Crippen MR) is 142 cm³/mol. The Morgan fingerprint density at radius 1 is 1.09 bits per heavy atom. The van der Waals surface area contributed by atoms with Gasteiger partial charge in [0, 0.05) is 17.1 Å². The molecule has 0 heterocycles. The van der Waals surface area contributed by atoms with Gasteiger partial charge in [-0.05, 0) is 64.3 Å². The summed E-state index contributed by atoms with van der Waals surface area (Å²) in [6.45, 7) is 10.9. The highest BCUT2D eigenvalue weighted by molar-refractivity contribution is 7.92. The van der Waals surface area contributed by atoms with Crippen LogP contribution in [0.15, 0.2) is 42.5 Å². The van der Waals surface area contributed by atoms with Crippen molar-refractivity contribution in [3.63, 3.8) is 0 Å². The lowest BCUT2D eigenvalue weighted by Crippen LogP contribution is -2.55. The zero-order valence-corrected chi connectivity index (χ0v) is 23.1. The van der Waals surface area contributed by atoms with E-state index in [-0.39, 0.29) is 12.5 Å². The number of aryl methyl sites for hydroxylation is 2. The van der Waals surface area contributed by atoms with Crippen molar-refractivity contribution >= 4 is 39.1 Å². The van der Waals surface area contributed by atoms with E-state index in [0.29, 0.717) is 22.7 Å². The van der Waals surface area contributed by atoms with Crippen LogP contribution in [-0.2, 0) is 26.2 Å². The first kappa shape index (κ1) is 28.7. The molecule has 0 aliphatic heterocycles. The molecule has 0 aromatic heterocycles. The number of rotatable bonds is 9. The number of carbonyl (C=O) groups excluding carboxylic acids is 2. The van der Waals surface area contributed by atoms with E-state index in [2.05, 4.69) is 5.32 Å². The number of nitrogens with zero attached hydrogens (tertiary/aromatic N) is 2. The highest BCUT2D eigenvalue weighted by Crippen LogP contribution is 2.27. The lowest BCUT2D eigenvalue weighted by atomic mass is 10.0. The average molecular weight is 522 g/mol. The summed E-state index contributed by atoms with van der Waals surface area (Å²) in [6, 6.07) is 11.8. The van der Waals surface area contributed by atoms with E-state index in [1.807, 2.05) is 58.9 Å². The second kappa shape index (κ2) is 11.4. The molecule has 0 spiro atoms. The van der Waals surface area contributed by atoms with Gasteiger partial charge in [0.25, 0.3) is 0 Å². The number of anilines is 1. The number of hydrogen-bond donors (Lipinski definition) is 1. The molecule has 0 saturated heterocycles. The zero-order valence-electron chi connectivity index (χ0n) is 21.6. The molecule has 35 heavy (non-hydrogen) atoms. The lowest BCUT2D eigenvalue weighted by molar-refractivity contribution is -0.141. The molecule has 0 aliphatic rings. The summed E-state index contributed by atoms with van der Waals surface area (Å²) in [7, 11) is -3.82. The van der Waals surface area contributed by atoms with Crippen LogP contribution in [0.5, 0.6) is 0 Å². The van der Waals surface area contributed by atoms with Gasteiger partial charge >= 0.3 is 0 Å². The smallest absolute Gasteiger partial charge is 0.244 e. The van der Waals surface area contributed by atoms with E-state index in [9.17, 15) is 18.0 Å². The molecule has 1 N–H and O–H groups in total. The highest BCUT2D eigenvalue weighted by atomic mass is 35.5. The van der Waals surface area contributed by atoms with Gasteiger partial charge in [0.15, 0.2) is 0 Å². The Morgan fingerprint density at radius 3 is 2.29 bits per heavy atom. The van der Waals surface area contributed by atoms with Crippen molar-refractivity contribution in [3.8, 4) is 0 Å². The fraction of sp³-hybridized carbons (Fsp3) is 0.462. The molecule has 0 bridgehead atoms. The molecule has 0 aliphatic carbocycles. The maximum Gasteiger partial charge on any atom is 0.244 e. The molecular formula is C26H36ClN3O4S. The molecule has 0 radical (unpaired) electrons. The summed E-state index contributed by atoms with van der Waals surface area (Å²) in [5.41, 5.74) is 2.38. The van der Waals surface area contributed by atoms with Gasteiger partial charge in [-0.25, -0.2) is 8.42 Å². The second-order valence-electron chi connectivity index (χ2n) is 9.87. The van der Waals surface area contributed by atoms with Crippen LogP contribution in [-0.4, -0.2) is 49.5 Å². The van der Waals surface area contributed by atoms with Gasteiger partial charge in [0.05, 0.1) is 11.9 Å². The standard InChI is InChI=1S/C26H36ClN3O4S/c1-8-22(25(32)28-26(4,5)6)29(16-20-11-9-10-18(2)14-20)24(31)17-30(35(7,33)34)23-15-21(27)13-12-19(23)3/h9-15,22H,8,16-17H2,1-7H3,(H,28,32)/t22-/m1/s1. The summed E-state index contributed by atoms with van der Waals surface area (Å²) in [5, 5.41) is 3.31. The zero-order chi connectivity index (χ0) is 26.6. The molecule has 9 heteroatoms. The number of benzene rings is 2. The van der Waals surface area contributed by atoms with E-state index < -0.39 is 34.1 Å². The maximum absolute atomic E-state index is 13.7. The van der Waals surface area contributed by atoms with Gasteiger partial charge < -0.3 is 10.2 Å². The van der Waals surface area contributed by atoms with Crippen molar-refractivity contribution in [1.82, 2.24) is 10.2 Å². The molecule has 2 rings (SSSR count). The van der Waals surface area contributed by atoms with Crippen molar-refractivity contribution < 1.29 is 18.0 Å². The van der Waals surface area contributed by atoms with Gasteiger partial charge in [0.1, 0.15) is 12.6 Å². The molecule has 192 valence electrons. The summed E-state index contributed by atoms with van der Waals surface area (Å²) in [6.07, 6.45) is 1.42. The first-order valence-corrected chi connectivity index (χ1v) is 13.8. The minimum Gasteiger partial charge on any atom is -0.350 e. The Kier molecular flexibility index (Phi) is 9.36. The number of amides is 2. The molecule has 1 atom stereocenters. The average Bonchev–Trinajstić information content (AvgIpc) is 2.71. The fourth-order valence-corrected chi connectivity index (χ4v) is 4.89. The Morgan fingerprint density at radius 2 is 1.74 bits per heavy atom. The van der Waals surface area contributed by atoms with Gasteiger partial charge in [-0.2, -0.15) is 0 Å². The van der Waals surface area contributed by atoms with Crippen LogP contribution in [0.1, 0.15) is 50.8 Å². The monoisotopic (exact) mass is 521 g/mol. The van der Waals surface area contributed by atoms with E-state index in [1.54, 1.807) is 19.1 Å². The van der Waals surface area contributed by atoms with Crippen LogP contribution in [0.2, 0.25) is 5.02 Å². The third-order valence-electron chi connectivity index (χ3n) is 5.44. The van der Waals surface area contributed by atoms with Crippen molar-refractivity contribution in [2.24, 2.45) is 0 Å². The number of halogens is 1. The molecular weight excluding hydrogens is 486 g/mol. The van der Waals surface area contributed by atoms with E-state index >= 15 is 0 Å². The first-order chi connectivity index (χ1) is 16.1. The number of carbonyl (C=O) groups is 2. The highest BCUT2D eigenvalue weighted by Gasteiger charge is 2.33. The van der Waals surface area contributed by atoms with Crippen LogP contribution in [0.3, 0.4) is 0 Å². The largest absolute Gasteiger partial charge is 0.350 e. The lowest BCUT2D eigenvalue weighted by Gasteiger charge is -2.34. The molecule has 2 amide bonds. The normalized spacial score (nSPS) is 12.7. The Hall–Kier alpha value is -2.58. The van der Waals surface area contributed by atoms with Gasteiger partial charge in [-0.3, -0.25) is 13.9 Å². The molecule has 0 fully saturated rings. The minimum absolute atomic E-state index is 0.169. The van der Waals surface area contributed by atoms with Crippen LogP contribution in [0.4, 0.5) is 5.69 Å². The number of nitrogens with one attached hydrogen (secondary N) is 1. The summed E-state index contributed by atoms with van der Waals surface area (Å²) in [4.78, 5) is 28.4. The second-order valence-corrected chi connectivity index (χ2v) is 12.2. The van der Waals surface area contributed by atoms with Crippen LogP contribution in [0, 0.1) is 13.8 Å². The van der Waals surface area contributed by atoms with Gasteiger partial charge in [-0.15, -0.1) is 0 Å². The first-order valence-electron chi connectivity index (χ1n) is 11.5. The van der Waals surface area contributed by atoms with Crippen LogP contribution >= 0.6 is 11.6 Å². The Labute approximate surface area is 214 Å². The molecule has 2 aromatic rings. The van der Waals surface area contributed by atoms with Crippen LogP contribution in [0.25, 0.3) is 0 Å². The Balaban J connectivity index is 2.51. The summed E-state index contributed by atoms with van der Waals surface area (Å²) >= 11 is 6.14. The summed E-state index contributed by atoms with van der Waals surface area (Å²) in [5.74, 6) is -0.766. The van der Waals surface area contributed by atoms with E-state index in [0.717, 1.165) is 21.7 Å². The number of hydrogen-bond acceptors (Lipinski definition) is 4. The maximum atomic E-state index is 13.7. The Bertz CT molecular complexity index is 1180. The molecule has 0 unspecified atom stereocenters. The number of sulfonamides is 1. The van der Waals surface area contributed by atoms with Gasteiger partial charge in [0.2, 0.25) is 21.8 Å². The van der Waals surface area contributed by atoms with Gasteiger partial charge in [-0.1, -0.05) is 54.4 Å². The van der Waals surface area contributed by atoms with Crippen LogP contribution < -0.4 is 9.62 Å².